The summed E-state index contributed by atoms with van der Waals surface area (Å²) >= 11 is 0. The number of rotatable bonds is 5. The number of nitrogens with one attached hydrogen (secondary N) is 1. The molecule has 0 aromatic heterocycles. The fourth-order valence-corrected chi connectivity index (χ4v) is 1.84. The number of alkyl halides is 3. The van der Waals surface area contributed by atoms with Crippen molar-refractivity contribution in [1.29, 1.82) is 5.26 Å². The molecule has 0 radical (unpaired) electrons. The van der Waals surface area contributed by atoms with Crippen LogP contribution in [0.25, 0.3) is 0 Å². The molecule has 0 heterocycles. The van der Waals surface area contributed by atoms with Gasteiger partial charge < -0.3 is 14.6 Å². The third kappa shape index (κ3) is 4.63. The third-order valence-electron chi connectivity index (χ3n) is 2.56. The molecule has 130 valence electrons. The lowest BCUT2D eigenvalue weighted by molar-refractivity contribution is -0.112. The number of amides is 1. The van der Waals surface area contributed by atoms with Gasteiger partial charge in [-0.3, -0.25) is 4.79 Å². The molecule has 1 aromatic rings. The van der Waals surface area contributed by atoms with E-state index in [2.05, 4.69) is 9.50 Å². The number of hydrogen-bond acceptors (Lipinski definition) is 6. The molecule has 0 unspecified atom stereocenters. The summed E-state index contributed by atoms with van der Waals surface area (Å²) in [6.45, 7) is 1.52. The summed E-state index contributed by atoms with van der Waals surface area (Å²) in [4.78, 5) is 11.8. The molecule has 2 N–H and O–H groups in total. The summed E-state index contributed by atoms with van der Waals surface area (Å²) in [5.74, 6) is -1.96. The molecular formula is C13H11F3N2O5S. The van der Waals surface area contributed by atoms with E-state index < -0.39 is 38.6 Å². The first-order valence-electron chi connectivity index (χ1n) is 6.26. The van der Waals surface area contributed by atoms with Crippen molar-refractivity contribution in [2.24, 2.45) is 0 Å². The van der Waals surface area contributed by atoms with E-state index in [0.717, 1.165) is 24.3 Å². The molecule has 0 spiro atoms. The van der Waals surface area contributed by atoms with Crippen molar-refractivity contribution in [3.8, 4) is 11.8 Å². The van der Waals surface area contributed by atoms with Gasteiger partial charge in [0.25, 0.3) is 5.91 Å². The highest BCUT2D eigenvalue weighted by Crippen LogP contribution is 2.27. The maximum absolute atomic E-state index is 12.2. The Bertz CT molecular complexity index is 792. The second kappa shape index (κ2) is 7.22. The third-order valence-corrected chi connectivity index (χ3v) is 3.54. The van der Waals surface area contributed by atoms with E-state index in [-0.39, 0.29) is 12.1 Å². The van der Waals surface area contributed by atoms with Crippen LogP contribution in [0.2, 0.25) is 0 Å². The van der Waals surface area contributed by atoms with Crippen LogP contribution in [0, 0.1) is 11.3 Å². The molecule has 1 amide bonds. The SMILES string of the molecule is CC/C(O)=C(\C#N)C(=O)Nc1ccc(OS(=O)(=O)C(F)(F)F)cc1. The lowest BCUT2D eigenvalue weighted by Crippen LogP contribution is -2.28. The van der Waals surface area contributed by atoms with E-state index in [0.29, 0.717) is 0 Å². The Morgan fingerprint density at radius 3 is 2.29 bits per heavy atom. The number of aliphatic hydroxyl groups is 1. The quantitative estimate of drug-likeness (QED) is 0.273. The molecule has 0 fully saturated rings. The smallest absolute Gasteiger partial charge is 0.511 e. The highest BCUT2D eigenvalue weighted by Gasteiger charge is 2.48. The monoisotopic (exact) mass is 364 g/mol. The molecule has 0 saturated heterocycles. The summed E-state index contributed by atoms with van der Waals surface area (Å²) in [5, 5.41) is 20.4. The van der Waals surface area contributed by atoms with Crippen LogP contribution in [-0.2, 0) is 14.9 Å². The first-order valence-corrected chi connectivity index (χ1v) is 7.67. The maximum Gasteiger partial charge on any atom is 0.534 e. The molecule has 24 heavy (non-hydrogen) atoms. The Balaban J connectivity index is 2.91. The zero-order valence-electron chi connectivity index (χ0n) is 12.1. The number of allylic oxidation sites excluding steroid dienone is 1. The molecule has 0 aliphatic rings. The van der Waals surface area contributed by atoms with Gasteiger partial charge in [-0.1, -0.05) is 6.92 Å². The molecule has 1 rings (SSSR count). The molecule has 0 aliphatic heterocycles. The number of anilines is 1. The predicted molar refractivity (Wildman–Crippen MR) is 76.2 cm³/mol. The zero-order chi connectivity index (χ0) is 18.5. The van der Waals surface area contributed by atoms with Crippen molar-refractivity contribution in [1.82, 2.24) is 0 Å². The first-order chi connectivity index (χ1) is 11.0. The topological polar surface area (TPSA) is 116 Å². The zero-order valence-corrected chi connectivity index (χ0v) is 12.9. The minimum Gasteiger partial charge on any atom is -0.511 e. The summed E-state index contributed by atoms with van der Waals surface area (Å²) in [6, 6.07) is 5.42. The van der Waals surface area contributed by atoms with Gasteiger partial charge in [0.15, 0.2) is 5.57 Å². The van der Waals surface area contributed by atoms with Crippen molar-refractivity contribution in [3.63, 3.8) is 0 Å². The Morgan fingerprint density at radius 2 is 1.88 bits per heavy atom. The van der Waals surface area contributed by atoms with Crippen LogP contribution in [0.3, 0.4) is 0 Å². The summed E-state index contributed by atoms with van der Waals surface area (Å²) < 4.78 is 62.1. The molecule has 0 bridgehead atoms. The van der Waals surface area contributed by atoms with Crippen molar-refractivity contribution >= 4 is 21.7 Å². The Kier molecular flexibility index (Phi) is 5.81. The summed E-state index contributed by atoms with van der Waals surface area (Å²) in [7, 11) is -5.79. The van der Waals surface area contributed by atoms with Crippen molar-refractivity contribution in [2.75, 3.05) is 5.32 Å². The van der Waals surface area contributed by atoms with E-state index in [1.807, 2.05) is 0 Å². The van der Waals surface area contributed by atoms with Crippen LogP contribution < -0.4 is 9.50 Å². The van der Waals surface area contributed by atoms with Gasteiger partial charge in [-0.05, 0) is 24.3 Å². The van der Waals surface area contributed by atoms with Gasteiger partial charge in [0.1, 0.15) is 17.6 Å². The highest BCUT2D eigenvalue weighted by molar-refractivity contribution is 7.88. The number of nitrogens with zero attached hydrogens (tertiary/aromatic N) is 1. The number of aliphatic hydroxyl groups excluding tert-OH is 1. The van der Waals surface area contributed by atoms with Gasteiger partial charge in [0.2, 0.25) is 0 Å². The van der Waals surface area contributed by atoms with Gasteiger partial charge in [-0.15, -0.1) is 0 Å². The van der Waals surface area contributed by atoms with Gasteiger partial charge in [-0.25, -0.2) is 0 Å². The van der Waals surface area contributed by atoms with Gasteiger partial charge in [-0.2, -0.15) is 26.9 Å². The largest absolute Gasteiger partial charge is 0.534 e. The average Bonchev–Trinajstić information content (AvgIpc) is 2.48. The number of carbonyl (C=O) groups excluding carboxylic acids is 1. The number of hydrogen-bond donors (Lipinski definition) is 2. The van der Waals surface area contributed by atoms with E-state index >= 15 is 0 Å². The predicted octanol–water partition coefficient (Wildman–Crippen LogP) is 2.60. The number of benzene rings is 1. The summed E-state index contributed by atoms with van der Waals surface area (Å²) in [5.41, 5.74) is -6.03. The van der Waals surface area contributed by atoms with Crippen LogP contribution >= 0.6 is 0 Å². The second-order valence-electron chi connectivity index (χ2n) is 4.25. The normalized spacial score (nSPS) is 12.8. The molecule has 0 saturated carbocycles. The molecule has 11 heteroatoms. The van der Waals surface area contributed by atoms with E-state index in [1.165, 1.54) is 13.0 Å². The van der Waals surface area contributed by atoms with Crippen molar-refractivity contribution in [2.45, 2.75) is 18.9 Å². The fraction of sp³-hybridized carbons (Fsp3) is 0.231. The Labute approximate surface area is 135 Å². The minimum atomic E-state index is -5.79. The molecule has 0 atom stereocenters. The standard InChI is InChI=1S/C13H11F3N2O5S/c1-2-11(19)10(7-17)12(20)18-8-3-5-9(6-4-8)23-24(21,22)13(14,15)16/h3-6,19H,2H2,1H3,(H,18,20)/b11-10-. The van der Waals surface area contributed by atoms with E-state index in [1.54, 1.807) is 0 Å². The fourth-order valence-electron chi connectivity index (χ4n) is 1.38. The Hall–Kier alpha value is -2.74. The van der Waals surface area contributed by atoms with Crippen LogP contribution in [0.5, 0.6) is 5.75 Å². The van der Waals surface area contributed by atoms with Gasteiger partial charge >= 0.3 is 15.6 Å². The molecular weight excluding hydrogens is 353 g/mol. The second-order valence-corrected chi connectivity index (χ2v) is 5.79. The van der Waals surface area contributed by atoms with E-state index in [4.69, 9.17) is 5.26 Å². The average molecular weight is 364 g/mol. The lowest BCUT2D eigenvalue weighted by atomic mass is 10.2. The maximum atomic E-state index is 12.2. The van der Waals surface area contributed by atoms with Crippen LogP contribution in [0.15, 0.2) is 35.6 Å². The summed E-state index contributed by atoms with van der Waals surface area (Å²) in [6.07, 6.45) is 0.0540. The minimum absolute atomic E-state index is 0.0495. The highest BCUT2D eigenvalue weighted by atomic mass is 32.2. The molecule has 0 aliphatic carbocycles. The lowest BCUT2D eigenvalue weighted by Gasteiger charge is -2.10. The van der Waals surface area contributed by atoms with Crippen LogP contribution in [-0.4, -0.2) is 24.9 Å². The molecule has 7 nitrogen and oxygen atoms in total. The Morgan fingerprint density at radius 1 is 1.33 bits per heavy atom. The number of nitriles is 1. The van der Waals surface area contributed by atoms with Gasteiger partial charge in [0.05, 0.1) is 0 Å². The molecule has 1 aromatic carbocycles. The van der Waals surface area contributed by atoms with Crippen molar-refractivity contribution in [3.05, 3.63) is 35.6 Å². The van der Waals surface area contributed by atoms with Crippen LogP contribution in [0.1, 0.15) is 13.3 Å². The van der Waals surface area contributed by atoms with Crippen LogP contribution in [0.4, 0.5) is 18.9 Å². The van der Waals surface area contributed by atoms with Gasteiger partial charge in [0, 0.05) is 12.1 Å². The number of carbonyl (C=O) groups is 1. The number of halogens is 3. The van der Waals surface area contributed by atoms with Crippen molar-refractivity contribution < 1.29 is 35.7 Å². The van der Waals surface area contributed by atoms with E-state index in [9.17, 15) is 31.5 Å². The first kappa shape index (κ1) is 19.3.